The highest BCUT2D eigenvalue weighted by Gasteiger charge is 2.32. The molecule has 1 aromatic rings. The molecule has 1 aromatic carbocycles. The van der Waals surface area contributed by atoms with E-state index in [1.807, 2.05) is 0 Å². The Hall–Kier alpha value is -2.45. The van der Waals surface area contributed by atoms with Crippen molar-refractivity contribution >= 4 is 17.6 Å². The average molecular weight is 318 g/mol. The Morgan fingerprint density at radius 3 is 2.68 bits per heavy atom. The summed E-state index contributed by atoms with van der Waals surface area (Å²) in [6.07, 6.45) is -4.84. The van der Waals surface area contributed by atoms with Crippen molar-refractivity contribution in [1.29, 1.82) is 0 Å². The van der Waals surface area contributed by atoms with Gasteiger partial charge in [0.15, 0.2) is 0 Å². The number of nitrogens with one attached hydrogen (secondary N) is 1. The van der Waals surface area contributed by atoms with E-state index in [2.05, 4.69) is 14.8 Å². The van der Waals surface area contributed by atoms with Crippen LogP contribution in [0, 0.1) is 0 Å². The van der Waals surface area contributed by atoms with Crippen molar-refractivity contribution in [1.82, 2.24) is 5.32 Å². The normalized spacial score (nSPS) is 15.3. The monoisotopic (exact) mass is 318 g/mol. The number of rotatable bonds is 3. The van der Waals surface area contributed by atoms with Crippen LogP contribution in [0.15, 0.2) is 18.2 Å². The molecule has 1 aliphatic rings. The van der Waals surface area contributed by atoms with Gasteiger partial charge in [-0.15, -0.1) is 13.2 Å². The van der Waals surface area contributed by atoms with Gasteiger partial charge in [-0.25, -0.2) is 4.79 Å². The van der Waals surface area contributed by atoms with Crippen molar-refractivity contribution < 1.29 is 32.2 Å². The molecule has 2 rings (SSSR count). The fourth-order valence-electron chi connectivity index (χ4n) is 2.10. The molecule has 0 aliphatic carbocycles. The smallest absolute Gasteiger partial charge is 0.465 e. The van der Waals surface area contributed by atoms with E-state index >= 15 is 0 Å². The predicted octanol–water partition coefficient (Wildman–Crippen LogP) is 1.31. The van der Waals surface area contributed by atoms with E-state index in [4.69, 9.17) is 0 Å². The van der Waals surface area contributed by atoms with Gasteiger partial charge in [-0.1, -0.05) is 0 Å². The zero-order valence-corrected chi connectivity index (χ0v) is 11.6. The number of carbonyl (C=O) groups excluding carboxylic acids is 2. The van der Waals surface area contributed by atoms with Crippen molar-refractivity contribution in [2.45, 2.75) is 6.36 Å². The first-order chi connectivity index (χ1) is 10.3. The summed E-state index contributed by atoms with van der Waals surface area (Å²) < 4.78 is 45.4. The summed E-state index contributed by atoms with van der Waals surface area (Å²) in [5.41, 5.74) is 0.218. The van der Waals surface area contributed by atoms with Crippen molar-refractivity contribution in [2.24, 2.45) is 0 Å². The molecule has 0 atom stereocenters. The van der Waals surface area contributed by atoms with Gasteiger partial charge < -0.3 is 19.7 Å². The Bertz CT molecular complexity index is 589. The molecule has 1 aliphatic heterocycles. The highest BCUT2D eigenvalue weighted by molar-refractivity contribution is 5.97. The number of methoxy groups -OCH3 is 1. The number of amides is 1. The molecule has 0 saturated carbocycles. The van der Waals surface area contributed by atoms with Crippen LogP contribution in [-0.4, -0.2) is 45.0 Å². The van der Waals surface area contributed by atoms with Gasteiger partial charge in [-0.05, 0) is 12.1 Å². The molecule has 22 heavy (non-hydrogen) atoms. The van der Waals surface area contributed by atoms with Crippen molar-refractivity contribution in [3.63, 3.8) is 0 Å². The van der Waals surface area contributed by atoms with Gasteiger partial charge in [0.2, 0.25) is 5.91 Å². The Balaban J connectivity index is 2.39. The van der Waals surface area contributed by atoms with E-state index in [0.29, 0.717) is 13.1 Å². The molecular weight excluding hydrogens is 305 g/mol. The van der Waals surface area contributed by atoms with E-state index in [9.17, 15) is 22.8 Å². The summed E-state index contributed by atoms with van der Waals surface area (Å²) in [6, 6.07) is 3.26. The topological polar surface area (TPSA) is 67.9 Å². The summed E-state index contributed by atoms with van der Waals surface area (Å²) in [7, 11) is 1.16. The van der Waals surface area contributed by atoms with Gasteiger partial charge in [-0.3, -0.25) is 4.79 Å². The first-order valence-corrected chi connectivity index (χ1v) is 6.30. The fourth-order valence-corrected chi connectivity index (χ4v) is 2.10. The minimum Gasteiger partial charge on any atom is -0.465 e. The van der Waals surface area contributed by atoms with Gasteiger partial charge in [-0.2, -0.15) is 0 Å². The van der Waals surface area contributed by atoms with Gasteiger partial charge in [0.1, 0.15) is 5.75 Å². The molecule has 0 unspecified atom stereocenters. The van der Waals surface area contributed by atoms with Crippen LogP contribution in [0.1, 0.15) is 10.4 Å². The Labute approximate surface area is 123 Å². The van der Waals surface area contributed by atoms with Crippen LogP contribution in [0.5, 0.6) is 5.75 Å². The Morgan fingerprint density at radius 1 is 1.36 bits per heavy atom. The largest absolute Gasteiger partial charge is 0.573 e. The second kappa shape index (κ2) is 6.12. The molecule has 0 aromatic heterocycles. The lowest BCUT2D eigenvalue weighted by Crippen LogP contribution is -2.48. The van der Waals surface area contributed by atoms with Crippen LogP contribution in [0.25, 0.3) is 0 Å². The van der Waals surface area contributed by atoms with Crippen molar-refractivity contribution in [3.8, 4) is 5.75 Å². The lowest BCUT2D eigenvalue weighted by molar-refractivity contribution is -0.274. The van der Waals surface area contributed by atoms with E-state index < -0.39 is 18.1 Å². The molecular formula is C13H13F3N2O4. The third-order valence-corrected chi connectivity index (χ3v) is 2.99. The maximum atomic E-state index is 12.3. The molecule has 1 heterocycles. The van der Waals surface area contributed by atoms with Crippen LogP contribution in [0.2, 0.25) is 0 Å². The zero-order valence-electron chi connectivity index (χ0n) is 11.6. The first kappa shape index (κ1) is 15.9. The van der Waals surface area contributed by atoms with Gasteiger partial charge in [0.25, 0.3) is 0 Å². The van der Waals surface area contributed by atoms with Gasteiger partial charge in [0, 0.05) is 19.2 Å². The number of halogens is 3. The number of hydrogen-bond donors (Lipinski definition) is 1. The molecule has 120 valence electrons. The number of alkyl halides is 3. The van der Waals surface area contributed by atoms with E-state index in [-0.39, 0.29) is 23.7 Å². The average Bonchev–Trinajstić information content (AvgIpc) is 2.44. The number of nitrogens with zero attached hydrogens (tertiary/aromatic N) is 1. The molecule has 0 bridgehead atoms. The maximum absolute atomic E-state index is 12.3. The number of ether oxygens (including phenoxy) is 2. The first-order valence-electron chi connectivity index (χ1n) is 6.30. The number of hydrogen-bond acceptors (Lipinski definition) is 5. The Kier molecular flexibility index (Phi) is 4.43. The third-order valence-electron chi connectivity index (χ3n) is 2.99. The summed E-state index contributed by atoms with van der Waals surface area (Å²) >= 11 is 0. The predicted molar refractivity (Wildman–Crippen MR) is 69.7 cm³/mol. The second-order valence-corrected chi connectivity index (χ2v) is 4.49. The van der Waals surface area contributed by atoms with Crippen LogP contribution < -0.4 is 15.0 Å². The molecule has 6 nitrogen and oxygen atoms in total. The molecule has 1 saturated heterocycles. The van der Waals surface area contributed by atoms with E-state index in [1.165, 1.54) is 11.0 Å². The maximum Gasteiger partial charge on any atom is 0.573 e. The van der Waals surface area contributed by atoms with E-state index in [1.54, 1.807) is 0 Å². The lowest BCUT2D eigenvalue weighted by atomic mass is 10.1. The number of piperazine rings is 1. The minimum atomic E-state index is -4.84. The number of benzene rings is 1. The Morgan fingerprint density at radius 2 is 2.09 bits per heavy atom. The SMILES string of the molecule is COC(=O)c1ccc(OC(F)(F)F)cc1N1CCNC(=O)C1. The molecule has 1 N–H and O–H groups in total. The molecule has 0 spiro atoms. The molecule has 1 amide bonds. The molecule has 0 radical (unpaired) electrons. The number of esters is 1. The van der Waals surface area contributed by atoms with Crippen LogP contribution in [-0.2, 0) is 9.53 Å². The summed E-state index contributed by atoms with van der Waals surface area (Å²) in [6.45, 7) is 0.606. The highest BCUT2D eigenvalue weighted by Crippen LogP contribution is 2.30. The number of carbonyl (C=O) groups is 2. The fraction of sp³-hybridized carbons (Fsp3) is 0.385. The highest BCUT2D eigenvalue weighted by atomic mass is 19.4. The van der Waals surface area contributed by atoms with E-state index in [0.717, 1.165) is 19.2 Å². The summed E-state index contributed by atoms with van der Waals surface area (Å²) in [4.78, 5) is 24.7. The zero-order chi connectivity index (χ0) is 16.3. The summed E-state index contributed by atoms with van der Waals surface area (Å²) in [5.74, 6) is -1.47. The minimum absolute atomic E-state index is 0.0618. The lowest BCUT2D eigenvalue weighted by Gasteiger charge is -2.30. The van der Waals surface area contributed by atoms with Gasteiger partial charge in [0.05, 0.1) is 24.9 Å². The van der Waals surface area contributed by atoms with Gasteiger partial charge >= 0.3 is 12.3 Å². The van der Waals surface area contributed by atoms with Crippen LogP contribution in [0.3, 0.4) is 0 Å². The number of anilines is 1. The van der Waals surface area contributed by atoms with Crippen LogP contribution >= 0.6 is 0 Å². The summed E-state index contributed by atoms with van der Waals surface area (Å²) in [5, 5.41) is 2.59. The second-order valence-electron chi connectivity index (χ2n) is 4.49. The standard InChI is InChI=1S/C13H13F3N2O4/c1-21-12(20)9-3-2-8(22-13(14,15)16)6-10(9)18-5-4-17-11(19)7-18/h2-3,6H,4-5,7H2,1H3,(H,17,19). The van der Waals surface area contributed by atoms with Crippen molar-refractivity contribution in [3.05, 3.63) is 23.8 Å². The quantitative estimate of drug-likeness (QED) is 0.851. The van der Waals surface area contributed by atoms with Crippen LogP contribution in [0.4, 0.5) is 18.9 Å². The van der Waals surface area contributed by atoms with Crippen molar-refractivity contribution in [2.75, 3.05) is 31.6 Å². The molecule has 1 fully saturated rings. The third kappa shape index (κ3) is 3.80. The molecule has 9 heteroatoms.